The van der Waals surface area contributed by atoms with Crippen LogP contribution in [-0.2, 0) is 5.75 Å². The molecule has 1 amide bonds. The first kappa shape index (κ1) is 20.3. The number of carbonyl (C=O) groups is 1. The summed E-state index contributed by atoms with van der Waals surface area (Å²) in [6.07, 6.45) is 2.48. The van der Waals surface area contributed by atoms with Crippen molar-refractivity contribution in [1.82, 2.24) is 9.88 Å². The van der Waals surface area contributed by atoms with Crippen LogP contribution in [0, 0.1) is 0 Å². The van der Waals surface area contributed by atoms with Crippen LogP contribution in [0.1, 0.15) is 41.0 Å². The number of thioether (sulfide) groups is 1. The Bertz CT molecular complexity index is 1030. The van der Waals surface area contributed by atoms with Gasteiger partial charge in [0.25, 0.3) is 5.91 Å². The van der Waals surface area contributed by atoms with Crippen LogP contribution in [0.25, 0.3) is 0 Å². The zero-order valence-corrected chi connectivity index (χ0v) is 18.0. The molecule has 1 aliphatic heterocycles. The summed E-state index contributed by atoms with van der Waals surface area (Å²) in [6, 6.07) is 19.8. The Morgan fingerprint density at radius 3 is 2.73 bits per heavy atom. The molecule has 1 N–H and O–H groups in total. The fraction of sp³-hybridized carbons (Fsp3) is 0.250. The molecule has 1 aromatic heterocycles. The van der Waals surface area contributed by atoms with Crippen molar-refractivity contribution in [3.05, 3.63) is 83.6 Å². The van der Waals surface area contributed by atoms with Crippen molar-refractivity contribution in [3.63, 3.8) is 0 Å². The van der Waals surface area contributed by atoms with E-state index in [2.05, 4.69) is 23.3 Å². The van der Waals surface area contributed by atoms with Crippen LogP contribution in [0.3, 0.4) is 0 Å². The predicted molar refractivity (Wildman–Crippen MR) is 121 cm³/mol. The molecule has 0 aliphatic carbocycles. The van der Waals surface area contributed by atoms with Gasteiger partial charge in [0, 0.05) is 29.7 Å². The van der Waals surface area contributed by atoms with Gasteiger partial charge in [-0.1, -0.05) is 31.2 Å². The van der Waals surface area contributed by atoms with Crippen LogP contribution in [-0.4, -0.2) is 29.4 Å². The number of pyridine rings is 1. The van der Waals surface area contributed by atoms with E-state index < -0.39 is 0 Å². The number of para-hydroxylation sites is 1. The molecule has 1 unspecified atom stereocenters. The van der Waals surface area contributed by atoms with Gasteiger partial charge < -0.3 is 15.0 Å². The smallest absolute Gasteiger partial charge is 0.257 e. The zero-order chi connectivity index (χ0) is 20.9. The second-order valence-corrected chi connectivity index (χ2v) is 8.11. The number of methoxy groups -OCH3 is 1. The Hall–Kier alpha value is -2.99. The Morgan fingerprint density at radius 2 is 1.97 bits per heavy atom. The average molecular weight is 420 g/mol. The van der Waals surface area contributed by atoms with Gasteiger partial charge in [-0.05, 0) is 48.4 Å². The minimum Gasteiger partial charge on any atom is -0.496 e. The summed E-state index contributed by atoms with van der Waals surface area (Å²) in [5.41, 5.74) is 3.72. The van der Waals surface area contributed by atoms with Gasteiger partial charge in [0.1, 0.15) is 11.9 Å². The highest BCUT2D eigenvalue weighted by Gasteiger charge is 2.32. The van der Waals surface area contributed by atoms with Crippen molar-refractivity contribution in [1.29, 1.82) is 0 Å². The topological polar surface area (TPSA) is 54.5 Å². The fourth-order valence-electron chi connectivity index (χ4n) is 3.69. The first-order valence-corrected chi connectivity index (χ1v) is 11.1. The van der Waals surface area contributed by atoms with E-state index in [4.69, 9.17) is 4.74 Å². The summed E-state index contributed by atoms with van der Waals surface area (Å²) in [5.74, 6) is 1.64. The lowest BCUT2D eigenvalue weighted by Gasteiger charge is -2.38. The van der Waals surface area contributed by atoms with E-state index in [1.165, 1.54) is 0 Å². The number of fused-ring (bicyclic) bond motifs is 1. The maximum atomic E-state index is 13.2. The molecule has 2 heterocycles. The first-order chi connectivity index (χ1) is 14.7. The Morgan fingerprint density at radius 1 is 1.13 bits per heavy atom. The van der Waals surface area contributed by atoms with E-state index in [1.54, 1.807) is 25.1 Å². The van der Waals surface area contributed by atoms with Gasteiger partial charge in [-0.3, -0.25) is 4.79 Å². The van der Waals surface area contributed by atoms with Crippen LogP contribution in [0.4, 0.5) is 5.69 Å². The van der Waals surface area contributed by atoms with E-state index in [0.29, 0.717) is 6.54 Å². The molecule has 6 heteroatoms. The number of nitrogens with zero attached hydrogens (tertiary/aromatic N) is 2. The second kappa shape index (κ2) is 9.22. The lowest BCUT2D eigenvalue weighted by molar-refractivity contribution is 0.0683. The number of ether oxygens (including phenoxy) is 1. The molecule has 0 spiro atoms. The van der Waals surface area contributed by atoms with Crippen molar-refractivity contribution in [3.8, 4) is 5.75 Å². The molecule has 2 aromatic carbocycles. The summed E-state index contributed by atoms with van der Waals surface area (Å²) in [7, 11) is 1.69. The van der Waals surface area contributed by atoms with E-state index in [0.717, 1.165) is 45.3 Å². The third-order valence-corrected chi connectivity index (χ3v) is 6.11. The van der Waals surface area contributed by atoms with Crippen molar-refractivity contribution >= 4 is 23.4 Å². The molecule has 0 saturated carbocycles. The van der Waals surface area contributed by atoms with Crippen LogP contribution < -0.4 is 10.1 Å². The van der Waals surface area contributed by atoms with Gasteiger partial charge in [0.15, 0.2) is 0 Å². The normalized spacial score (nSPS) is 15.5. The summed E-state index contributed by atoms with van der Waals surface area (Å²) in [4.78, 5) is 19.5. The lowest BCUT2D eigenvalue weighted by atomic mass is 10.0. The third kappa shape index (κ3) is 4.14. The molecule has 1 atom stereocenters. The number of hydrogen-bond acceptors (Lipinski definition) is 5. The van der Waals surface area contributed by atoms with Crippen LogP contribution >= 0.6 is 11.8 Å². The number of hydrogen-bond donors (Lipinski definition) is 1. The van der Waals surface area contributed by atoms with Gasteiger partial charge in [0.05, 0.1) is 17.7 Å². The van der Waals surface area contributed by atoms with Gasteiger partial charge in [-0.2, -0.15) is 0 Å². The van der Waals surface area contributed by atoms with E-state index >= 15 is 0 Å². The molecule has 0 radical (unpaired) electrons. The summed E-state index contributed by atoms with van der Waals surface area (Å²) >= 11 is 1.67. The number of rotatable bonds is 7. The van der Waals surface area contributed by atoms with Crippen LogP contribution in [0.2, 0.25) is 0 Å². The number of benzene rings is 2. The SMILES string of the molecule is CCCN1C(=O)c2ccccc2NC1c1ccc(OC)c(CSc2ccccn2)c1. The zero-order valence-electron chi connectivity index (χ0n) is 17.2. The van der Waals surface area contributed by atoms with Crippen molar-refractivity contribution in [2.24, 2.45) is 0 Å². The van der Waals surface area contributed by atoms with Crippen LogP contribution in [0.5, 0.6) is 5.75 Å². The maximum absolute atomic E-state index is 13.2. The van der Waals surface area contributed by atoms with E-state index in [-0.39, 0.29) is 12.1 Å². The molecule has 0 bridgehead atoms. The Kier molecular flexibility index (Phi) is 6.23. The number of nitrogens with one attached hydrogen (secondary N) is 1. The quantitative estimate of drug-likeness (QED) is 0.523. The second-order valence-electron chi connectivity index (χ2n) is 7.12. The summed E-state index contributed by atoms with van der Waals surface area (Å²) < 4.78 is 5.59. The molecule has 1 aliphatic rings. The van der Waals surface area contributed by atoms with Gasteiger partial charge in [-0.15, -0.1) is 11.8 Å². The largest absolute Gasteiger partial charge is 0.496 e. The molecule has 4 rings (SSSR count). The lowest BCUT2D eigenvalue weighted by Crippen LogP contribution is -2.43. The highest BCUT2D eigenvalue weighted by Crippen LogP contribution is 2.36. The molecule has 3 aromatic rings. The number of anilines is 1. The van der Waals surface area contributed by atoms with E-state index in [1.807, 2.05) is 59.5 Å². The van der Waals surface area contributed by atoms with Gasteiger partial charge in [-0.25, -0.2) is 4.98 Å². The molecule has 0 fully saturated rings. The van der Waals surface area contributed by atoms with Crippen molar-refractivity contribution in [2.75, 3.05) is 19.0 Å². The molecular formula is C24H25N3O2S. The number of carbonyl (C=O) groups excluding carboxylic acids is 1. The van der Waals surface area contributed by atoms with Crippen molar-refractivity contribution < 1.29 is 9.53 Å². The molecule has 30 heavy (non-hydrogen) atoms. The highest BCUT2D eigenvalue weighted by molar-refractivity contribution is 7.98. The van der Waals surface area contributed by atoms with E-state index in [9.17, 15) is 4.79 Å². The summed E-state index contributed by atoms with van der Waals surface area (Å²) in [6.45, 7) is 2.78. The fourth-order valence-corrected chi connectivity index (χ4v) is 4.53. The molecular weight excluding hydrogens is 394 g/mol. The minimum absolute atomic E-state index is 0.0661. The molecule has 0 saturated heterocycles. The van der Waals surface area contributed by atoms with Gasteiger partial charge in [0.2, 0.25) is 0 Å². The molecule has 5 nitrogen and oxygen atoms in total. The number of aromatic nitrogens is 1. The Labute approximate surface area is 181 Å². The molecule has 154 valence electrons. The monoisotopic (exact) mass is 419 g/mol. The summed E-state index contributed by atoms with van der Waals surface area (Å²) in [5, 5.41) is 4.53. The Balaban J connectivity index is 1.65. The minimum atomic E-state index is -0.211. The van der Waals surface area contributed by atoms with Gasteiger partial charge >= 0.3 is 0 Å². The predicted octanol–water partition coefficient (Wildman–Crippen LogP) is 5.36. The first-order valence-electron chi connectivity index (χ1n) is 10.1. The average Bonchev–Trinajstić information content (AvgIpc) is 2.80. The number of amides is 1. The maximum Gasteiger partial charge on any atom is 0.257 e. The van der Waals surface area contributed by atoms with Crippen molar-refractivity contribution in [2.45, 2.75) is 30.3 Å². The highest BCUT2D eigenvalue weighted by atomic mass is 32.2. The standard InChI is InChI=1S/C24H25N3O2S/c1-3-14-27-23(26-20-9-5-4-8-19(20)24(27)28)17-11-12-21(29-2)18(15-17)16-30-22-10-6-7-13-25-22/h4-13,15,23,26H,3,14,16H2,1-2H3. The third-order valence-electron chi connectivity index (χ3n) is 5.12. The van der Waals surface area contributed by atoms with Crippen LogP contribution in [0.15, 0.2) is 71.9 Å².